The van der Waals surface area contributed by atoms with Crippen LogP contribution in [0.15, 0.2) is 53.7 Å². The Kier molecular flexibility index (Phi) is 8.51. The number of piperazine rings is 1. The van der Waals surface area contributed by atoms with Crippen LogP contribution in [-0.4, -0.2) is 70.1 Å². The van der Waals surface area contributed by atoms with Crippen LogP contribution in [-0.2, 0) is 19.1 Å². The number of alkyl halides is 3. The van der Waals surface area contributed by atoms with Gasteiger partial charge in [-0.2, -0.15) is 13.2 Å². The highest BCUT2D eigenvalue weighted by Crippen LogP contribution is 2.29. The number of fused-ring (bicyclic) bond motifs is 1. The maximum absolute atomic E-state index is 12.7. The van der Waals surface area contributed by atoms with Crippen molar-refractivity contribution in [1.82, 2.24) is 29.7 Å². The van der Waals surface area contributed by atoms with Gasteiger partial charge in [0, 0.05) is 58.9 Å². The minimum absolute atomic E-state index is 0. The maximum atomic E-state index is 12.7. The number of nitrogens with one attached hydrogen (secondary N) is 1. The third-order valence-corrected chi connectivity index (χ3v) is 5.59. The van der Waals surface area contributed by atoms with Gasteiger partial charge >= 0.3 is 6.18 Å². The van der Waals surface area contributed by atoms with Crippen molar-refractivity contribution in [3.63, 3.8) is 0 Å². The summed E-state index contributed by atoms with van der Waals surface area (Å²) >= 11 is 0. The second kappa shape index (κ2) is 11.1. The van der Waals surface area contributed by atoms with Crippen LogP contribution in [0, 0.1) is 0 Å². The van der Waals surface area contributed by atoms with Gasteiger partial charge in [0.25, 0.3) is 0 Å². The molecule has 0 bridgehead atoms. The van der Waals surface area contributed by atoms with E-state index in [4.69, 9.17) is 0 Å². The van der Waals surface area contributed by atoms with Crippen molar-refractivity contribution >= 4 is 35.6 Å². The van der Waals surface area contributed by atoms with Crippen LogP contribution in [0.1, 0.15) is 17.0 Å². The second-order valence-electron chi connectivity index (χ2n) is 7.73. The van der Waals surface area contributed by atoms with Crippen molar-refractivity contribution in [3.8, 4) is 0 Å². The lowest BCUT2D eigenvalue weighted by Gasteiger charge is -2.36. The molecule has 1 aliphatic heterocycles. The first-order valence-electron chi connectivity index (χ1n) is 10.6. The Hall–Kier alpha value is -2.41. The van der Waals surface area contributed by atoms with E-state index in [1.165, 1.54) is 0 Å². The molecular weight excluding hydrogens is 546 g/mol. The van der Waals surface area contributed by atoms with Gasteiger partial charge in [0.2, 0.25) is 0 Å². The number of aliphatic imine (C=N–C) groups is 1. The van der Waals surface area contributed by atoms with Crippen molar-refractivity contribution in [2.45, 2.75) is 19.1 Å². The van der Waals surface area contributed by atoms with E-state index in [1.54, 1.807) is 19.2 Å². The molecule has 2 aromatic heterocycles. The number of aromatic nitrogens is 3. The van der Waals surface area contributed by atoms with Gasteiger partial charge in [0.1, 0.15) is 5.82 Å². The first-order chi connectivity index (χ1) is 15.4. The first kappa shape index (κ1) is 25.2. The van der Waals surface area contributed by atoms with Crippen molar-refractivity contribution in [2.75, 3.05) is 39.8 Å². The van der Waals surface area contributed by atoms with E-state index in [9.17, 15) is 13.2 Å². The summed E-state index contributed by atoms with van der Waals surface area (Å²) in [7, 11) is 1.77. The highest BCUT2D eigenvalue weighted by molar-refractivity contribution is 14.0. The highest BCUT2D eigenvalue weighted by Gasteiger charge is 2.30. The molecule has 0 amide bonds. The Balaban J connectivity index is 0.00000306. The lowest BCUT2D eigenvalue weighted by molar-refractivity contribution is -0.137. The number of pyridine rings is 1. The lowest BCUT2D eigenvalue weighted by Crippen LogP contribution is -2.52. The number of hydrogen-bond donors (Lipinski definition) is 1. The molecule has 3 aromatic rings. The van der Waals surface area contributed by atoms with Crippen LogP contribution >= 0.6 is 24.0 Å². The van der Waals surface area contributed by atoms with Crippen LogP contribution in [0.4, 0.5) is 13.2 Å². The monoisotopic (exact) mass is 573 g/mol. The summed E-state index contributed by atoms with van der Waals surface area (Å²) in [6.07, 6.45) is -1.62. The zero-order chi connectivity index (χ0) is 22.6. The minimum atomic E-state index is -4.30. The number of nitrogens with zero attached hydrogens (tertiary/aromatic N) is 6. The molecule has 178 valence electrons. The molecule has 11 heteroatoms. The largest absolute Gasteiger partial charge is 0.416 e. The predicted molar refractivity (Wildman–Crippen MR) is 132 cm³/mol. The normalized spacial score (nSPS) is 15.5. The zero-order valence-corrected chi connectivity index (χ0v) is 20.6. The summed E-state index contributed by atoms with van der Waals surface area (Å²) in [5.41, 5.74) is 1.10. The molecule has 0 unspecified atom stereocenters. The number of benzene rings is 1. The van der Waals surface area contributed by atoms with Crippen molar-refractivity contribution in [2.24, 2.45) is 4.99 Å². The molecule has 3 heterocycles. The molecule has 1 aromatic carbocycles. The minimum Gasteiger partial charge on any atom is -0.356 e. The van der Waals surface area contributed by atoms with Crippen LogP contribution in [0.2, 0.25) is 0 Å². The Morgan fingerprint density at radius 2 is 1.76 bits per heavy atom. The third kappa shape index (κ3) is 6.34. The van der Waals surface area contributed by atoms with E-state index >= 15 is 0 Å². The summed E-state index contributed by atoms with van der Waals surface area (Å²) in [4.78, 5) is 8.84. The summed E-state index contributed by atoms with van der Waals surface area (Å²) in [5.74, 6) is 1.73. The molecule has 0 spiro atoms. The SMILES string of the molecule is CN=C(NCCc1nnc2ccccn12)N1CCN(Cc2ccc(C(F)(F)F)cc2)CC1.I. The molecule has 4 rings (SSSR count). The smallest absolute Gasteiger partial charge is 0.356 e. The maximum Gasteiger partial charge on any atom is 0.416 e. The van der Waals surface area contributed by atoms with Crippen molar-refractivity contribution in [3.05, 3.63) is 65.6 Å². The second-order valence-corrected chi connectivity index (χ2v) is 7.73. The van der Waals surface area contributed by atoms with E-state index in [0.717, 1.165) is 67.7 Å². The van der Waals surface area contributed by atoms with E-state index < -0.39 is 11.7 Å². The fourth-order valence-electron chi connectivity index (χ4n) is 3.85. The van der Waals surface area contributed by atoms with Gasteiger partial charge in [-0.25, -0.2) is 0 Å². The van der Waals surface area contributed by atoms with E-state index in [-0.39, 0.29) is 24.0 Å². The topological polar surface area (TPSA) is 61.1 Å². The number of rotatable bonds is 5. The predicted octanol–water partition coefficient (Wildman–Crippen LogP) is 3.30. The fraction of sp³-hybridized carbons (Fsp3) is 0.409. The Labute approximate surface area is 207 Å². The lowest BCUT2D eigenvalue weighted by atomic mass is 10.1. The molecule has 1 N–H and O–H groups in total. The van der Waals surface area contributed by atoms with E-state index in [2.05, 4.69) is 30.3 Å². The van der Waals surface area contributed by atoms with Gasteiger partial charge in [0.05, 0.1) is 5.56 Å². The average molecular weight is 573 g/mol. The number of hydrogen-bond acceptors (Lipinski definition) is 4. The zero-order valence-electron chi connectivity index (χ0n) is 18.3. The van der Waals surface area contributed by atoms with Gasteiger partial charge in [-0.1, -0.05) is 18.2 Å². The molecule has 33 heavy (non-hydrogen) atoms. The summed E-state index contributed by atoms with van der Waals surface area (Å²) in [6.45, 7) is 4.56. The molecule has 7 nitrogen and oxygen atoms in total. The van der Waals surface area contributed by atoms with Crippen LogP contribution in [0.25, 0.3) is 5.65 Å². The van der Waals surface area contributed by atoms with Crippen LogP contribution < -0.4 is 5.32 Å². The molecule has 1 aliphatic rings. The third-order valence-electron chi connectivity index (χ3n) is 5.59. The van der Waals surface area contributed by atoms with E-state index in [0.29, 0.717) is 13.1 Å². The van der Waals surface area contributed by atoms with Crippen molar-refractivity contribution < 1.29 is 13.2 Å². The van der Waals surface area contributed by atoms with E-state index in [1.807, 2.05) is 28.8 Å². The van der Waals surface area contributed by atoms with Gasteiger partial charge < -0.3 is 10.2 Å². The van der Waals surface area contributed by atoms with Gasteiger partial charge in [-0.05, 0) is 29.8 Å². The van der Waals surface area contributed by atoms with Gasteiger partial charge in [-0.15, -0.1) is 34.2 Å². The molecule has 1 fully saturated rings. The average Bonchev–Trinajstić information content (AvgIpc) is 3.20. The van der Waals surface area contributed by atoms with Crippen LogP contribution in [0.3, 0.4) is 0 Å². The molecule has 0 radical (unpaired) electrons. The van der Waals surface area contributed by atoms with Crippen molar-refractivity contribution in [1.29, 1.82) is 0 Å². The first-order valence-corrected chi connectivity index (χ1v) is 10.6. The Morgan fingerprint density at radius 3 is 2.42 bits per heavy atom. The molecule has 1 saturated heterocycles. The number of halogens is 4. The Bertz CT molecular complexity index is 1060. The standard InChI is InChI=1S/C22H26F3N7.HI/c1-26-21(27-10-9-20-29-28-19-4-2-3-11-32(19)20)31-14-12-30(13-15-31)16-17-5-7-18(8-6-17)22(23,24)25;/h2-8,11H,9-10,12-16H2,1H3,(H,26,27);1H. The molecular formula is C22H27F3IN7. The summed E-state index contributed by atoms with van der Waals surface area (Å²) in [5, 5.41) is 11.8. The van der Waals surface area contributed by atoms with Gasteiger partial charge in [0.15, 0.2) is 11.6 Å². The summed E-state index contributed by atoms with van der Waals surface area (Å²) < 4.78 is 40.2. The molecule has 0 aliphatic carbocycles. The highest BCUT2D eigenvalue weighted by atomic mass is 127. The van der Waals surface area contributed by atoms with Gasteiger partial charge in [-0.3, -0.25) is 14.3 Å². The van der Waals surface area contributed by atoms with Crippen LogP contribution in [0.5, 0.6) is 0 Å². The molecule has 0 saturated carbocycles. The summed E-state index contributed by atoms with van der Waals surface area (Å²) in [6, 6.07) is 11.2. The molecule has 0 atom stereocenters. The Morgan fingerprint density at radius 1 is 1.03 bits per heavy atom. The number of guanidine groups is 1. The quantitative estimate of drug-likeness (QED) is 0.289. The fourth-order valence-corrected chi connectivity index (χ4v) is 3.85.